The summed E-state index contributed by atoms with van der Waals surface area (Å²) in [6.07, 6.45) is 3.74. The van der Waals surface area contributed by atoms with Crippen molar-refractivity contribution in [3.05, 3.63) is 29.8 Å². The molecule has 4 nitrogen and oxygen atoms in total. The SMILES string of the molecule is Cc1ccc(N(CC(=O)N2CCCCC2)C(=O)CC(C)(C)C)cc1. The molecule has 1 aromatic rings. The van der Waals surface area contributed by atoms with E-state index < -0.39 is 0 Å². The van der Waals surface area contributed by atoms with Gasteiger partial charge in [-0.3, -0.25) is 9.59 Å². The van der Waals surface area contributed by atoms with Gasteiger partial charge in [-0.15, -0.1) is 0 Å². The first-order valence-corrected chi connectivity index (χ1v) is 8.91. The minimum Gasteiger partial charge on any atom is -0.341 e. The fourth-order valence-electron chi connectivity index (χ4n) is 2.98. The molecule has 1 fully saturated rings. The predicted molar refractivity (Wildman–Crippen MR) is 98.0 cm³/mol. The van der Waals surface area contributed by atoms with Gasteiger partial charge in [0.05, 0.1) is 0 Å². The molecule has 0 unspecified atom stereocenters. The van der Waals surface area contributed by atoms with E-state index in [1.54, 1.807) is 4.90 Å². The lowest BCUT2D eigenvalue weighted by atomic mass is 9.91. The maximum Gasteiger partial charge on any atom is 0.242 e. The predicted octanol–water partition coefficient (Wildman–Crippen LogP) is 3.78. The van der Waals surface area contributed by atoms with Gasteiger partial charge in [-0.25, -0.2) is 0 Å². The molecule has 0 N–H and O–H groups in total. The van der Waals surface area contributed by atoms with Gasteiger partial charge in [-0.2, -0.15) is 0 Å². The minimum atomic E-state index is -0.103. The molecule has 0 atom stereocenters. The van der Waals surface area contributed by atoms with Crippen LogP contribution in [0.4, 0.5) is 5.69 Å². The molecule has 24 heavy (non-hydrogen) atoms. The Balaban J connectivity index is 2.16. The van der Waals surface area contributed by atoms with Crippen molar-refractivity contribution in [3.8, 4) is 0 Å². The highest BCUT2D eigenvalue weighted by atomic mass is 16.2. The fraction of sp³-hybridized carbons (Fsp3) is 0.600. The molecule has 1 heterocycles. The van der Waals surface area contributed by atoms with Crippen LogP contribution < -0.4 is 4.90 Å². The number of carbonyl (C=O) groups is 2. The zero-order valence-electron chi connectivity index (χ0n) is 15.5. The molecule has 132 valence electrons. The van der Waals surface area contributed by atoms with E-state index in [2.05, 4.69) is 0 Å². The van der Waals surface area contributed by atoms with Crippen LogP contribution in [0.1, 0.15) is 52.0 Å². The summed E-state index contributed by atoms with van der Waals surface area (Å²) in [6.45, 7) is 9.92. The molecule has 4 heteroatoms. The number of aryl methyl sites for hydroxylation is 1. The lowest BCUT2D eigenvalue weighted by Crippen LogP contribution is -2.45. The first kappa shape index (κ1) is 18.5. The molecular formula is C20H30N2O2. The highest BCUT2D eigenvalue weighted by molar-refractivity contribution is 5.99. The van der Waals surface area contributed by atoms with E-state index in [9.17, 15) is 9.59 Å². The van der Waals surface area contributed by atoms with Crippen LogP contribution in [0.3, 0.4) is 0 Å². The normalized spacial score (nSPS) is 15.2. The molecule has 1 aliphatic heterocycles. The number of benzene rings is 1. The monoisotopic (exact) mass is 330 g/mol. The van der Waals surface area contributed by atoms with Gasteiger partial charge >= 0.3 is 0 Å². The molecule has 0 aromatic heterocycles. The van der Waals surface area contributed by atoms with Crippen molar-refractivity contribution >= 4 is 17.5 Å². The maximum absolute atomic E-state index is 12.8. The Labute approximate surface area is 145 Å². The summed E-state index contributed by atoms with van der Waals surface area (Å²) in [6, 6.07) is 7.83. The van der Waals surface area contributed by atoms with Crippen LogP contribution in [0, 0.1) is 12.3 Å². The first-order chi connectivity index (χ1) is 11.3. The third-order valence-electron chi connectivity index (χ3n) is 4.33. The van der Waals surface area contributed by atoms with Gasteiger partial charge in [0, 0.05) is 25.2 Å². The van der Waals surface area contributed by atoms with E-state index in [1.807, 2.05) is 56.9 Å². The maximum atomic E-state index is 12.8. The van der Waals surface area contributed by atoms with Crippen LogP contribution in [0.5, 0.6) is 0 Å². The third kappa shape index (κ3) is 5.36. The van der Waals surface area contributed by atoms with Crippen LogP contribution in [-0.2, 0) is 9.59 Å². The molecule has 2 amide bonds. The second-order valence-electron chi connectivity index (χ2n) is 7.99. The fourth-order valence-corrected chi connectivity index (χ4v) is 2.98. The highest BCUT2D eigenvalue weighted by Crippen LogP contribution is 2.24. The zero-order chi connectivity index (χ0) is 17.7. The number of nitrogens with zero attached hydrogens (tertiary/aromatic N) is 2. The van der Waals surface area contributed by atoms with Crippen LogP contribution in [-0.4, -0.2) is 36.3 Å². The Morgan fingerprint density at radius 2 is 1.62 bits per heavy atom. The summed E-state index contributed by atoms with van der Waals surface area (Å²) in [4.78, 5) is 29.0. The van der Waals surface area contributed by atoms with E-state index in [0.717, 1.165) is 37.2 Å². The smallest absolute Gasteiger partial charge is 0.242 e. The first-order valence-electron chi connectivity index (χ1n) is 8.91. The van der Waals surface area contributed by atoms with Crippen LogP contribution in [0.15, 0.2) is 24.3 Å². The number of anilines is 1. The van der Waals surface area contributed by atoms with Gasteiger partial charge in [0.1, 0.15) is 6.54 Å². The van der Waals surface area contributed by atoms with Crippen molar-refractivity contribution in [1.82, 2.24) is 4.90 Å². The largest absolute Gasteiger partial charge is 0.341 e. The van der Waals surface area contributed by atoms with Gasteiger partial charge < -0.3 is 9.80 Å². The lowest BCUT2D eigenvalue weighted by Gasteiger charge is -2.31. The second kappa shape index (κ2) is 7.82. The van der Waals surface area contributed by atoms with Crippen molar-refractivity contribution in [2.24, 2.45) is 5.41 Å². The van der Waals surface area contributed by atoms with Gasteiger partial charge in [0.15, 0.2) is 0 Å². The molecule has 1 aliphatic rings. The second-order valence-corrected chi connectivity index (χ2v) is 7.99. The summed E-state index contributed by atoms with van der Waals surface area (Å²) < 4.78 is 0. The topological polar surface area (TPSA) is 40.6 Å². The van der Waals surface area contributed by atoms with Crippen LogP contribution in [0.2, 0.25) is 0 Å². The number of carbonyl (C=O) groups excluding carboxylic acids is 2. The van der Waals surface area contributed by atoms with Crippen molar-refractivity contribution in [1.29, 1.82) is 0 Å². The van der Waals surface area contributed by atoms with Gasteiger partial charge in [-0.05, 0) is 43.7 Å². The molecule has 0 bridgehead atoms. The molecule has 0 saturated carbocycles. The van der Waals surface area contributed by atoms with Crippen molar-refractivity contribution in [3.63, 3.8) is 0 Å². The average Bonchev–Trinajstić information content (AvgIpc) is 2.52. The van der Waals surface area contributed by atoms with E-state index in [-0.39, 0.29) is 23.8 Å². The number of piperidine rings is 1. The summed E-state index contributed by atoms with van der Waals surface area (Å²) in [5, 5.41) is 0. The highest BCUT2D eigenvalue weighted by Gasteiger charge is 2.26. The molecule has 1 aromatic carbocycles. The Morgan fingerprint density at radius 3 is 2.17 bits per heavy atom. The Morgan fingerprint density at radius 1 is 1.04 bits per heavy atom. The van der Waals surface area contributed by atoms with E-state index in [1.165, 1.54) is 6.42 Å². The summed E-state index contributed by atoms with van der Waals surface area (Å²) in [7, 11) is 0. The Bertz CT molecular complexity index is 566. The summed E-state index contributed by atoms with van der Waals surface area (Å²) >= 11 is 0. The number of amides is 2. The van der Waals surface area contributed by atoms with Crippen molar-refractivity contribution in [2.75, 3.05) is 24.5 Å². The van der Waals surface area contributed by atoms with E-state index >= 15 is 0 Å². The van der Waals surface area contributed by atoms with Gasteiger partial charge in [0.2, 0.25) is 11.8 Å². The van der Waals surface area contributed by atoms with E-state index in [4.69, 9.17) is 0 Å². The van der Waals surface area contributed by atoms with Gasteiger partial charge in [0.25, 0.3) is 0 Å². The Kier molecular flexibility index (Phi) is 6.03. The summed E-state index contributed by atoms with van der Waals surface area (Å²) in [5.41, 5.74) is 1.85. The van der Waals surface area contributed by atoms with Crippen molar-refractivity contribution < 1.29 is 9.59 Å². The quantitative estimate of drug-likeness (QED) is 0.843. The number of likely N-dealkylation sites (tertiary alicyclic amines) is 1. The number of rotatable bonds is 4. The Hall–Kier alpha value is -1.84. The standard InChI is InChI=1S/C20H30N2O2/c1-16-8-10-17(11-9-16)22(18(23)14-20(2,3)4)15-19(24)21-12-6-5-7-13-21/h8-11H,5-7,12-15H2,1-4H3. The zero-order valence-corrected chi connectivity index (χ0v) is 15.5. The molecule has 0 radical (unpaired) electrons. The average molecular weight is 330 g/mol. The summed E-state index contributed by atoms with van der Waals surface area (Å²) in [5.74, 6) is 0.0641. The van der Waals surface area contributed by atoms with Crippen LogP contribution >= 0.6 is 0 Å². The molecule has 0 aliphatic carbocycles. The number of hydrogen-bond acceptors (Lipinski definition) is 2. The molecule has 1 saturated heterocycles. The van der Waals surface area contributed by atoms with Gasteiger partial charge in [-0.1, -0.05) is 38.5 Å². The third-order valence-corrected chi connectivity index (χ3v) is 4.33. The minimum absolute atomic E-state index is 0.0108. The lowest BCUT2D eigenvalue weighted by molar-refractivity contribution is -0.132. The van der Waals surface area contributed by atoms with E-state index in [0.29, 0.717) is 6.42 Å². The van der Waals surface area contributed by atoms with Crippen LogP contribution in [0.25, 0.3) is 0 Å². The van der Waals surface area contributed by atoms with Crippen molar-refractivity contribution in [2.45, 2.75) is 53.4 Å². The molecule has 0 spiro atoms. The molecule has 2 rings (SSSR count). The molecular weight excluding hydrogens is 300 g/mol. The number of hydrogen-bond donors (Lipinski definition) is 0.